The van der Waals surface area contributed by atoms with Crippen molar-refractivity contribution in [1.29, 1.82) is 0 Å². The summed E-state index contributed by atoms with van der Waals surface area (Å²) in [4.78, 5) is 19.0. The zero-order chi connectivity index (χ0) is 13.9. The largest absolute Gasteiger partial charge is 0.339 e. The van der Waals surface area contributed by atoms with Gasteiger partial charge < -0.3 is 4.90 Å². The van der Waals surface area contributed by atoms with Crippen LogP contribution in [0, 0.1) is 5.92 Å². The molecule has 104 valence electrons. The number of aromatic nitrogens is 1. The molecule has 1 fully saturated rings. The first kappa shape index (κ1) is 13.6. The van der Waals surface area contributed by atoms with E-state index in [1.54, 1.807) is 6.20 Å². The number of carbonyl (C=O) groups excluding carboxylic acids is 1. The maximum absolute atomic E-state index is 12.7. The number of likely N-dealkylation sites (tertiary alicyclic amines) is 1. The highest BCUT2D eigenvalue weighted by Gasteiger charge is 2.24. The fraction of sp³-hybridized carbons (Fsp3) is 0.375. The van der Waals surface area contributed by atoms with Crippen LogP contribution in [0.4, 0.5) is 0 Å². The van der Waals surface area contributed by atoms with Gasteiger partial charge in [-0.05, 0) is 30.9 Å². The highest BCUT2D eigenvalue weighted by atomic mass is 79.9. The number of amides is 1. The molecule has 3 rings (SSSR count). The molecule has 1 aliphatic rings. The molecule has 2 heterocycles. The number of pyridine rings is 1. The van der Waals surface area contributed by atoms with E-state index in [1.165, 1.54) is 0 Å². The van der Waals surface area contributed by atoms with Crippen LogP contribution in [-0.2, 0) is 0 Å². The van der Waals surface area contributed by atoms with Gasteiger partial charge in [0, 0.05) is 30.0 Å². The van der Waals surface area contributed by atoms with Gasteiger partial charge in [-0.1, -0.05) is 34.1 Å². The molecule has 0 spiro atoms. The van der Waals surface area contributed by atoms with E-state index >= 15 is 0 Å². The summed E-state index contributed by atoms with van der Waals surface area (Å²) in [5, 5.41) is 1.98. The second-order valence-corrected chi connectivity index (χ2v) is 5.91. The fourth-order valence-corrected chi connectivity index (χ4v) is 3.39. The number of hydrogen-bond acceptors (Lipinski definition) is 2. The summed E-state index contributed by atoms with van der Waals surface area (Å²) >= 11 is 3.53. The van der Waals surface area contributed by atoms with Gasteiger partial charge in [0.2, 0.25) is 0 Å². The van der Waals surface area contributed by atoms with E-state index < -0.39 is 0 Å². The van der Waals surface area contributed by atoms with Crippen molar-refractivity contribution in [3.8, 4) is 0 Å². The number of hydrogen-bond donors (Lipinski definition) is 0. The molecule has 0 saturated carbocycles. The van der Waals surface area contributed by atoms with E-state index in [2.05, 4.69) is 20.9 Å². The quantitative estimate of drug-likeness (QED) is 0.789. The zero-order valence-corrected chi connectivity index (χ0v) is 12.8. The minimum Gasteiger partial charge on any atom is -0.339 e. The fourth-order valence-electron chi connectivity index (χ4n) is 2.74. The number of alkyl halides is 1. The number of fused-ring (bicyclic) bond motifs is 1. The van der Waals surface area contributed by atoms with Gasteiger partial charge in [0.1, 0.15) is 0 Å². The van der Waals surface area contributed by atoms with Gasteiger partial charge in [-0.3, -0.25) is 9.78 Å². The van der Waals surface area contributed by atoms with Gasteiger partial charge in [-0.15, -0.1) is 0 Å². The van der Waals surface area contributed by atoms with Gasteiger partial charge >= 0.3 is 0 Å². The first-order valence-electron chi connectivity index (χ1n) is 6.98. The Morgan fingerprint density at radius 2 is 2.00 bits per heavy atom. The van der Waals surface area contributed by atoms with Crippen LogP contribution in [0.15, 0.2) is 36.5 Å². The number of nitrogens with zero attached hydrogens (tertiary/aromatic N) is 2. The molecule has 1 saturated heterocycles. The van der Waals surface area contributed by atoms with Gasteiger partial charge in [0.25, 0.3) is 5.91 Å². The van der Waals surface area contributed by atoms with Gasteiger partial charge in [-0.25, -0.2) is 0 Å². The summed E-state index contributed by atoms with van der Waals surface area (Å²) in [6.45, 7) is 1.71. The lowest BCUT2D eigenvalue weighted by molar-refractivity contribution is 0.0701. The molecule has 0 aliphatic carbocycles. The van der Waals surface area contributed by atoms with Gasteiger partial charge in [0.15, 0.2) is 0 Å². The molecule has 0 radical (unpaired) electrons. The Kier molecular flexibility index (Phi) is 4.01. The first-order valence-corrected chi connectivity index (χ1v) is 8.10. The van der Waals surface area contributed by atoms with Crippen LogP contribution >= 0.6 is 15.9 Å². The number of piperidine rings is 1. The lowest BCUT2D eigenvalue weighted by atomic mass is 9.98. The van der Waals surface area contributed by atoms with E-state index in [4.69, 9.17) is 0 Å². The van der Waals surface area contributed by atoms with Crippen molar-refractivity contribution in [1.82, 2.24) is 9.88 Å². The summed E-state index contributed by atoms with van der Waals surface area (Å²) in [5.41, 5.74) is 1.65. The Morgan fingerprint density at radius 3 is 2.75 bits per heavy atom. The second-order valence-electron chi connectivity index (χ2n) is 5.27. The summed E-state index contributed by atoms with van der Waals surface area (Å²) < 4.78 is 0. The molecule has 0 N–H and O–H groups in total. The SMILES string of the molecule is O=C(c1ccnc2ccccc12)N1CCC(CBr)CC1. The van der Waals surface area contributed by atoms with E-state index in [9.17, 15) is 4.79 Å². The third-order valence-electron chi connectivity index (χ3n) is 4.00. The Labute approximate surface area is 127 Å². The van der Waals surface area contributed by atoms with Crippen LogP contribution in [0.3, 0.4) is 0 Å². The summed E-state index contributed by atoms with van der Waals surface area (Å²) in [6, 6.07) is 9.66. The molecule has 1 amide bonds. The van der Waals surface area contributed by atoms with E-state index in [-0.39, 0.29) is 5.91 Å². The average Bonchev–Trinajstić information content (AvgIpc) is 2.54. The number of benzene rings is 1. The molecule has 1 aromatic heterocycles. The number of rotatable bonds is 2. The highest BCUT2D eigenvalue weighted by Crippen LogP contribution is 2.23. The molecule has 4 heteroatoms. The summed E-state index contributed by atoms with van der Waals surface area (Å²) in [6.07, 6.45) is 3.89. The Bertz CT molecular complexity index is 615. The first-order chi connectivity index (χ1) is 9.79. The molecular weight excluding hydrogens is 316 g/mol. The zero-order valence-electron chi connectivity index (χ0n) is 11.3. The monoisotopic (exact) mass is 332 g/mol. The summed E-state index contributed by atoms with van der Waals surface area (Å²) in [5.74, 6) is 0.838. The van der Waals surface area contributed by atoms with Crippen molar-refractivity contribution in [2.75, 3.05) is 18.4 Å². The van der Waals surface area contributed by atoms with Crippen LogP contribution in [0.5, 0.6) is 0 Å². The normalized spacial score (nSPS) is 16.6. The van der Waals surface area contributed by atoms with E-state index in [0.717, 1.165) is 47.7 Å². The van der Waals surface area contributed by atoms with Crippen molar-refractivity contribution >= 4 is 32.7 Å². The van der Waals surface area contributed by atoms with Crippen molar-refractivity contribution in [2.24, 2.45) is 5.92 Å². The third-order valence-corrected chi connectivity index (χ3v) is 4.92. The molecule has 20 heavy (non-hydrogen) atoms. The van der Waals surface area contributed by atoms with Crippen LogP contribution in [0.2, 0.25) is 0 Å². The summed E-state index contributed by atoms with van der Waals surface area (Å²) in [7, 11) is 0. The van der Waals surface area contributed by atoms with Crippen molar-refractivity contribution in [2.45, 2.75) is 12.8 Å². The molecule has 0 unspecified atom stereocenters. The standard InChI is InChI=1S/C16H17BrN2O/c17-11-12-6-9-19(10-7-12)16(20)14-5-8-18-15-4-2-1-3-13(14)15/h1-5,8,12H,6-7,9-11H2. The van der Waals surface area contributed by atoms with Crippen LogP contribution in [0.1, 0.15) is 23.2 Å². The van der Waals surface area contributed by atoms with Gasteiger partial charge in [-0.2, -0.15) is 0 Å². The predicted octanol–water partition coefficient (Wildman–Crippen LogP) is 3.48. The number of para-hydroxylation sites is 1. The lowest BCUT2D eigenvalue weighted by Gasteiger charge is -2.31. The molecule has 3 nitrogen and oxygen atoms in total. The maximum Gasteiger partial charge on any atom is 0.254 e. The topological polar surface area (TPSA) is 33.2 Å². The Morgan fingerprint density at radius 1 is 1.25 bits per heavy atom. The Hall–Kier alpha value is -1.42. The molecule has 1 aliphatic heterocycles. The maximum atomic E-state index is 12.7. The minimum absolute atomic E-state index is 0.136. The van der Waals surface area contributed by atoms with Crippen molar-refractivity contribution in [3.05, 3.63) is 42.1 Å². The third kappa shape index (κ3) is 2.57. The Balaban J connectivity index is 1.86. The van der Waals surface area contributed by atoms with Crippen LogP contribution < -0.4 is 0 Å². The van der Waals surface area contributed by atoms with Crippen molar-refractivity contribution in [3.63, 3.8) is 0 Å². The molecule has 2 aromatic rings. The number of halogens is 1. The minimum atomic E-state index is 0.136. The van der Waals surface area contributed by atoms with Gasteiger partial charge in [0.05, 0.1) is 11.1 Å². The highest BCUT2D eigenvalue weighted by molar-refractivity contribution is 9.09. The number of carbonyl (C=O) groups is 1. The van der Waals surface area contributed by atoms with Crippen molar-refractivity contribution < 1.29 is 4.79 Å². The molecular formula is C16H17BrN2O. The van der Waals surface area contributed by atoms with E-state index in [1.807, 2.05) is 35.2 Å². The molecule has 1 aromatic carbocycles. The molecule has 0 bridgehead atoms. The smallest absolute Gasteiger partial charge is 0.254 e. The average molecular weight is 333 g/mol. The lowest BCUT2D eigenvalue weighted by Crippen LogP contribution is -2.38. The predicted molar refractivity (Wildman–Crippen MR) is 84.2 cm³/mol. The van der Waals surface area contributed by atoms with E-state index in [0.29, 0.717) is 5.92 Å². The van der Waals surface area contributed by atoms with Crippen LogP contribution in [-0.4, -0.2) is 34.2 Å². The second kappa shape index (κ2) is 5.92. The molecule has 0 atom stereocenters. The van der Waals surface area contributed by atoms with Crippen LogP contribution in [0.25, 0.3) is 10.9 Å².